The molecule has 0 saturated carbocycles. The van der Waals surface area contributed by atoms with E-state index in [1.54, 1.807) is 11.6 Å². The monoisotopic (exact) mass is 325 g/mol. The van der Waals surface area contributed by atoms with Crippen LogP contribution in [0, 0.1) is 13.8 Å². The molecule has 0 spiro atoms. The van der Waals surface area contributed by atoms with E-state index in [0.29, 0.717) is 12.4 Å². The molecule has 2 aromatic heterocycles. The number of aryl methyl sites for hydroxylation is 2. The number of benzene rings is 1. The number of hydrogen-bond acceptors (Lipinski definition) is 5. The van der Waals surface area contributed by atoms with Crippen LogP contribution in [0.15, 0.2) is 30.6 Å². The van der Waals surface area contributed by atoms with Crippen LogP contribution in [0.1, 0.15) is 29.3 Å². The first-order valence-electron chi connectivity index (χ1n) is 8.08. The minimum atomic E-state index is 0.247. The van der Waals surface area contributed by atoms with Gasteiger partial charge in [0.2, 0.25) is 0 Å². The molecule has 6 heteroatoms. The number of ether oxygens (including phenoxy) is 1. The van der Waals surface area contributed by atoms with Gasteiger partial charge in [0.25, 0.3) is 5.78 Å². The fraction of sp³-hybridized carbons (Fsp3) is 0.389. The van der Waals surface area contributed by atoms with E-state index < -0.39 is 0 Å². The number of hydrogen-bond donors (Lipinski definition) is 1. The van der Waals surface area contributed by atoms with Gasteiger partial charge in [0.15, 0.2) is 0 Å². The van der Waals surface area contributed by atoms with E-state index in [9.17, 15) is 0 Å². The zero-order chi connectivity index (χ0) is 17.1. The molecule has 0 radical (unpaired) electrons. The van der Waals surface area contributed by atoms with Crippen molar-refractivity contribution >= 4 is 11.6 Å². The Hall–Kier alpha value is -2.47. The third kappa shape index (κ3) is 3.54. The fourth-order valence-electron chi connectivity index (χ4n) is 2.89. The smallest absolute Gasteiger partial charge is 0.254 e. The summed E-state index contributed by atoms with van der Waals surface area (Å²) in [6, 6.07) is 8.80. The van der Waals surface area contributed by atoms with E-state index in [1.165, 1.54) is 23.0 Å². The molecule has 2 heterocycles. The molecule has 0 aliphatic rings. The summed E-state index contributed by atoms with van der Waals surface area (Å²) < 4.78 is 6.91. The fourth-order valence-corrected chi connectivity index (χ4v) is 2.89. The highest BCUT2D eigenvalue weighted by molar-refractivity contribution is 5.46. The maximum atomic E-state index is 5.19. The Morgan fingerprint density at radius 1 is 1.25 bits per heavy atom. The summed E-state index contributed by atoms with van der Waals surface area (Å²) in [5, 5.41) is 7.77. The van der Waals surface area contributed by atoms with Gasteiger partial charge in [-0.3, -0.25) is 0 Å². The topological polar surface area (TPSA) is 64.3 Å². The first-order valence-corrected chi connectivity index (χ1v) is 8.08. The Morgan fingerprint density at radius 2 is 2.08 bits per heavy atom. The summed E-state index contributed by atoms with van der Waals surface area (Å²) in [6.45, 7) is 6.89. The molecule has 1 unspecified atom stereocenters. The molecule has 126 valence electrons. The van der Waals surface area contributed by atoms with Crippen molar-refractivity contribution < 1.29 is 4.74 Å². The molecule has 3 rings (SSSR count). The van der Waals surface area contributed by atoms with Crippen LogP contribution >= 0.6 is 0 Å². The van der Waals surface area contributed by atoms with Crippen molar-refractivity contribution in [3.05, 3.63) is 53.0 Å². The highest BCUT2D eigenvalue weighted by Crippen LogP contribution is 2.17. The van der Waals surface area contributed by atoms with E-state index in [0.717, 1.165) is 17.9 Å². The largest absolute Gasteiger partial charge is 0.378 e. The first kappa shape index (κ1) is 16.4. The minimum absolute atomic E-state index is 0.247. The number of nitrogens with one attached hydrogen (secondary N) is 1. The van der Waals surface area contributed by atoms with E-state index in [4.69, 9.17) is 4.74 Å². The van der Waals surface area contributed by atoms with Gasteiger partial charge in [-0.2, -0.15) is 14.6 Å². The van der Waals surface area contributed by atoms with E-state index in [2.05, 4.69) is 59.4 Å². The van der Waals surface area contributed by atoms with Crippen LogP contribution < -0.4 is 5.32 Å². The predicted molar refractivity (Wildman–Crippen MR) is 94.2 cm³/mol. The van der Waals surface area contributed by atoms with Crippen LogP contribution in [0.3, 0.4) is 0 Å². The van der Waals surface area contributed by atoms with Gasteiger partial charge in [-0.05, 0) is 38.3 Å². The van der Waals surface area contributed by atoms with E-state index in [1.807, 2.05) is 6.07 Å². The normalized spacial score (nSPS) is 12.5. The summed E-state index contributed by atoms with van der Waals surface area (Å²) in [7, 11) is 1.66. The van der Waals surface area contributed by atoms with Crippen molar-refractivity contribution in [2.45, 2.75) is 39.8 Å². The lowest BCUT2D eigenvalue weighted by Crippen LogP contribution is -2.21. The van der Waals surface area contributed by atoms with Gasteiger partial charge in [-0.25, -0.2) is 4.98 Å². The van der Waals surface area contributed by atoms with Crippen LogP contribution in [0.4, 0.5) is 5.82 Å². The molecule has 6 nitrogen and oxygen atoms in total. The van der Waals surface area contributed by atoms with Crippen LogP contribution in [0.25, 0.3) is 5.78 Å². The van der Waals surface area contributed by atoms with Crippen LogP contribution in [0.5, 0.6) is 0 Å². The van der Waals surface area contributed by atoms with Crippen LogP contribution in [-0.2, 0) is 17.8 Å². The predicted octanol–water partition coefficient (Wildman–Crippen LogP) is 2.93. The average molecular weight is 325 g/mol. The van der Waals surface area contributed by atoms with Gasteiger partial charge in [-0.1, -0.05) is 23.8 Å². The molecule has 24 heavy (non-hydrogen) atoms. The quantitative estimate of drug-likeness (QED) is 0.755. The number of nitrogens with zero attached hydrogens (tertiary/aromatic N) is 4. The standard InChI is InChI=1S/C18H23N5O/c1-12-5-6-15(13(2)7-12)8-14(3)21-17-9-16(10-24-4)22-18-19-11-20-23(17)18/h5-7,9,11,14,21H,8,10H2,1-4H3. The highest BCUT2D eigenvalue weighted by atomic mass is 16.5. The van der Waals surface area contributed by atoms with E-state index in [-0.39, 0.29) is 6.04 Å². The van der Waals surface area contributed by atoms with Gasteiger partial charge >= 0.3 is 0 Å². The molecular formula is C18H23N5O. The lowest BCUT2D eigenvalue weighted by molar-refractivity contribution is 0.181. The summed E-state index contributed by atoms with van der Waals surface area (Å²) in [4.78, 5) is 8.61. The Balaban J connectivity index is 1.81. The average Bonchev–Trinajstić information content (AvgIpc) is 2.99. The van der Waals surface area contributed by atoms with E-state index >= 15 is 0 Å². The van der Waals surface area contributed by atoms with Gasteiger partial charge in [0, 0.05) is 19.2 Å². The Labute approximate surface area is 141 Å². The Morgan fingerprint density at radius 3 is 2.83 bits per heavy atom. The van der Waals surface area contributed by atoms with Crippen LogP contribution in [-0.4, -0.2) is 32.7 Å². The molecule has 1 atom stereocenters. The first-order chi connectivity index (χ1) is 11.6. The summed E-state index contributed by atoms with van der Waals surface area (Å²) >= 11 is 0. The summed E-state index contributed by atoms with van der Waals surface area (Å²) in [6.07, 6.45) is 2.45. The lowest BCUT2D eigenvalue weighted by atomic mass is 10.00. The highest BCUT2D eigenvalue weighted by Gasteiger charge is 2.11. The molecule has 0 amide bonds. The molecule has 0 saturated heterocycles. The van der Waals surface area contributed by atoms with Gasteiger partial charge in [0.05, 0.1) is 12.3 Å². The zero-order valence-electron chi connectivity index (χ0n) is 14.6. The van der Waals surface area contributed by atoms with Gasteiger partial charge in [-0.15, -0.1) is 0 Å². The molecule has 0 aliphatic carbocycles. The van der Waals surface area contributed by atoms with Gasteiger partial charge in [0.1, 0.15) is 12.1 Å². The van der Waals surface area contributed by atoms with Gasteiger partial charge < -0.3 is 10.1 Å². The molecule has 0 fully saturated rings. The maximum Gasteiger partial charge on any atom is 0.254 e. The number of rotatable bonds is 6. The zero-order valence-corrected chi connectivity index (χ0v) is 14.6. The van der Waals surface area contributed by atoms with Crippen molar-refractivity contribution in [1.29, 1.82) is 0 Å². The Bertz CT molecular complexity index is 843. The minimum Gasteiger partial charge on any atom is -0.378 e. The summed E-state index contributed by atoms with van der Waals surface area (Å²) in [5.41, 5.74) is 4.80. The summed E-state index contributed by atoms with van der Waals surface area (Å²) in [5.74, 6) is 1.45. The van der Waals surface area contributed by atoms with Crippen molar-refractivity contribution in [3.63, 3.8) is 0 Å². The Kier molecular flexibility index (Phi) is 4.76. The molecular weight excluding hydrogens is 302 g/mol. The molecule has 3 aromatic rings. The molecule has 1 N–H and O–H groups in total. The lowest BCUT2D eigenvalue weighted by Gasteiger charge is -2.18. The molecule has 0 bridgehead atoms. The second kappa shape index (κ2) is 6.97. The second-order valence-electron chi connectivity index (χ2n) is 6.22. The molecule has 0 aliphatic heterocycles. The third-order valence-corrected chi connectivity index (χ3v) is 4.02. The van der Waals surface area contributed by atoms with Crippen molar-refractivity contribution in [2.24, 2.45) is 0 Å². The molecule has 1 aromatic carbocycles. The van der Waals surface area contributed by atoms with Crippen molar-refractivity contribution in [1.82, 2.24) is 19.6 Å². The van der Waals surface area contributed by atoms with Crippen LogP contribution in [0.2, 0.25) is 0 Å². The number of aromatic nitrogens is 4. The SMILES string of the molecule is COCc1cc(NC(C)Cc2ccc(C)cc2C)n2ncnc2n1. The number of fused-ring (bicyclic) bond motifs is 1. The number of anilines is 1. The number of methoxy groups -OCH3 is 1. The third-order valence-electron chi connectivity index (χ3n) is 4.02. The van der Waals surface area contributed by atoms with Crippen molar-refractivity contribution in [2.75, 3.05) is 12.4 Å². The van der Waals surface area contributed by atoms with Crippen molar-refractivity contribution in [3.8, 4) is 0 Å². The second-order valence-corrected chi connectivity index (χ2v) is 6.22. The maximum absolute atomic E-state index is 5.19.